The van der Waals surface area contributed by atoms with Crippen LogP contribution in [0.4, 0.5) is 5.69 Å². The molecule has 1 amide bonds. The first-order valence-electron chi connectivity index (χ1n) is 7.19. The minimum Gasteiger partial charge on any atom is -0.376 e. The first-order chi connectivity index (χ1) is 9.69. The van der Waals surface area contributed by atoms with Crippen LogP contribution in [-0.2, 0) is 4.74 Å². The van der Waals surface area contributed by atoms with Gasteiger partial charge in [-0.25, -0.2) is 0 Å². The molecule has 0 radical (unpaired) electrons. The molecule has 108 valence electrons. The van der Waals surface area contributed by atoms with Gasteiger partial charge in [0.15, 0.2) is 0 Å². The number of rotatable bonds is 4. The summed E-state index contributed by atoms with van der Waals surface area (Å²) in [7, 11) is 0. The van der Waals surface area contributed by atoms with Gasteiger partial charge < -0.3 is 15.5 Å². The van der Waals surface area contributed by atoms with Gasteiger partial charge in [0.1, 0.15) is 0 Å². The highest BCUT2D eigenvalue weighted by Gasteiger charge is 2.41. The van der Waals surface area contributed by atoms with E-state index in [1.54, 1.807) is 0 Å². The molecule has 2 aliphatic rings. The Morgan fingerprint density at radius 1 is 1.35 bits per heavy atom. The number of nitrogens with two attached hydrogens (primary N) is 1. The molecule has 0 aromatic heterocycles. The van der Waals surface area contributed by atoms with Gasteiger partial charge in [0, 0.05) is 17.9 Å². The summed E-state index contributed by atoms with van der Waals surface area (Å²) in [6, 6.07) is 5.65. The number of carbonyl (C=O) groups is 1. The van der Waals surface area contributed by atoms with E-state index in [0.29, 0.717) is 11.5 Å². The Kier molecular flexibility index (Phi) is 3.63. The lowest BCUT2D eigenvalue weighted by molar-refractivity contribution is 0.0729. The van der Waals surface area contributed by atoms with Crippen LogP contribution in [-0.4, -0.2) is 24.7 Å². The van der Waals surface area contributed by atoms with Crippen molar-refractivity contribution in [2.24, 2.45) is 11.8 Å². The van der Waals surface area contributed by atoms with E-state index in [-0.39, 0.29) is 18.1 Å². The summed E-state index contributed by atoms with van der Waals surface area (Å²) in [5.41, 5.74) is 5.01. The Labute approximate surface area is 118 Å². The van der Waals surface area contributed by atoms with Crippen molar-refractivity contribution in [1.82, 2.24) is 5.32 Å². The number of nitrogens with one attached hydrogen (secondary N) is 2. The number of amides is 1. The second kappa shape index (κ2) is 5.42. The van der Waals surface area contributed by atoms with E-state index < -0.39 is 0 Å². The molecule has 2 unspecified atom stereocenters. The van der Waals surface area contributed by atoms with E-state index in [9.17, 15) is 4.79 Å². The summed E-state index contributed by atoms with van der Waals surface area (Å²) in [5.74, 6) is 5.99. The molecule has 0 bridgehead atoms. The Balaban J connectivity index is 1.69. The van der Waals surface area contributed by atoms with Gasteiger partial charge in [-0.1, -0.05) is 0 Å². The van der Waals surface area contributed by atoms with Crippen molar-refractivity contribution in [2.75, 3.05) is 12.0 Å². The third-order valence-corrected chi connectivity index (χ3v) is 4.18. The molecule has 0 spiro atoms. The molecule has 1 saturated carbocycles. The van der Waals surface area contributed by atoms with E-state index in [1.807, 2.05) is 25.1 Å². The van der Waals surface area contributed by atoms with Crippen LogP contribution in [0, 0.1) is 12.8 Å². The van der Waals surface area contributed by atoms with Gasteiger partial charge >= 0.3 is 0 Å². The maximum Gasteiger partial charge on any atom is 0.251 e. The van der Waals surface area contributed by atoms with Gasteiger partial charge in [0.2, 0.25) is 0 Å². The molecular formula is C15H21N3O2. The molecule has 20 heavy (non-hydrogen) atoms. The van der Waals surface area contributed by atoms with Crippen LogP contribution >= 0.6 is 0 Å². The van der Waals surface area contributed by atoms with Gasteiger partial charge in [-0.3, -0.25) is 10.6 Å². The monoisotopic (exact) mass is 275 g/mol. The lowest BCUT2D eigenvalue weighted by Crippen LogP contribution is -2.41. The number of aryl methyl sites for hydroxylation is 1. The summed E-state index contributed by atoms with van der Waals surface area (Å²) in [4.78, 5) is 12.4. The molecular weight excluding hydrogens is 254 g/mol. The molecule has 2 fully saturated rings. The maximum atomic E-state index is 12.4. The van der Waals surface area contributed by atoms with Crippen molar-refractivity contribution < 1.29 is 9.53 Å². The summed E-state index contributed by atoms with van der Waals surface area (Å²) < 4.78 is 5.75. The highest BCUT2D eigenvalue weighted by atomic mass is 16.5. The molecule has 1 heterocycles. The van der Waals surface area contributed by atoms with Crippen molar-refractivity contribution in [1.29, 1.82) is 0 Å². The van der Waals surface area contributed by atoms with Crippen molar-refractivity contribution in [3.8, 4) is 0 Å². The van der Waals surface area contributed by atoms with Crippen molar-refractivity contribution in [2.45, 2.75) is 38.3 Å². The second-order valence-corrected chi connectivity index (χ2v) is 5.72. The van der Waals surface area contributed by atoms with E-state index in [2.05, 4.69) is 10.7 Å². The Morgan fingerprint density at radius 3 is 2.80 bits per heavy atom. The first-order valence-corrected chi connectivity index (χ1v) is 7.19. The number of hydrogen-bond donors (Lipinski definition) is 3. The summed E-state index contributed by atoms with van der Waals surface area (Å²) >= 11 is 0. The smallest absolute Gasteiger partial charge is 0.251 e. The molecule has 1 aliphatic heterocycles. The zero-order chi connectivity index (χ0) is 14.1. The zero-order valence-electron chi connectivity index (χ0n) is 11.7. The topological polar surface area (TPSA) is 76.4 Å². The van der Waals surface area contributed by atoms with E-state index in [4.69, 9.17) is 10.6 Å². The van der Waals surface area contributed by atoms with Gasteiger partial charge in [0.05, 0.1) is 12.1 Å². The number of benzene rings is 1. The fourth-order valence-electron chi connectivity index (χ4n) is 2.91. The number of carbonyl (C=O) groups excluding carboxylic acids is 1. The molecule has 3 rings (SSSR count). The van der Waals surface area contributed by atoms with E-state index in [0.717, 1.165) is 24.3 Å². The van der Waals surface area contributed by atoms with E-state index >= 15 is 0 Å². The minimum absolute atomic E-state index is 0.0211. The van der Waals surface area contributed by atoms with Crippen LogP contribution in [0.25, 0.3) is 0 Å². The minimum atomic E-state index is -0.0211. The number of hydrogen-bond acceptors (Lipinski definition) is 4. The predicted octanol–water partition coefficient (Wildman–Crippen LogP) is 1.58. The molecule has 5 heteroatoms. The number of ether oxygens (including phenoxy) is 1. The third-order valence-electron chi connectivity index (χ3n) is 4.18. The quantitative estimate of drug-likeness (QED) is 0.576. The SMILES string of the molecule is Cc1cc(NN)ccc1C(=O)NC1CCOC1C1CC1. The average Bonchev–Trinajstić information content (AvgIpc) is 3.19. The predicted molar refractivity (Wildman–Crippen MR) is 77.3 cm³/mol. The Morgan fingerprint density at radius 2 is 2.15 bits per heavy atom. The highest BCUT2D eigenvalue weighted by molar-refractivity contribution is 5.96. The molecule has 5 nitrogen and oxygen atoms in total. The standard InChI is InChI=1S/C15H21N3O2/c1-9-8-11(18-16)4-5-12(9)15(19)17-13-6-7-20-14(13)10-2-3-10/h4-5,8,10,13-14,18H,2-3,6-7,16H2,1H3,(H,17,19). The van der Waals surface area contributed by atoms with Crippen LogP contribution in [0.2, 0.25) is 0 Å². The molecule has 1 saturated heterocycles. The third kappa shape index (κ3) is 2.64. The lowest BCUT2D eigenvalue weighted by atomic mass is 10.0. The molecule has 1 aromatic rings. The van der Waals surface area contributed by atoms with Gasteiger partial charge in [-0.15, -0.1) is 0 Å². The van der Waals surface area contributed by atoms with Crippen LogP contribution < -0.4 is 16.6 Å². The maximum absolute atomic E-state index is 12.4. The molecule has 4 N–H and O–H groups in total. The number of hydrazine groups is 1. The van der Waals surface area contributed by atoms with Crippen LogP contribution in [0.15, 0.2) is 18.2 Å². The van der Waals surface area contributed by atoms with Crippen LogP contribution in [0.5, 0.6) is 0 Å². The fourth-order valence-corrected chi connectivity index (χ4v) is 2.91. The summed E-state index contributed by atoms with van der Waals surface area (Å²) in [6.45, 7) is 2.67. The van der Waals surface area contributed by atoms with Crippen LogP contribution in [0.1, 0.15) is 35.2 Å². The van der Waals surface area contributed by atoms with Crippen LogP contribution in [0.3, 0.4) is 0 Å². The normalized spacial score (nSPS) is 25.5. The Hall–Kier alpha value is -1.59. The Bertz CT molecular complexity index is 514. The molecule has 1 aromatic carbocycles. The largest absolute Gasteiger partial charge is 0.376 e. The zero-order valence-corrected chi connectivity index (χ0v) is 11.7. The molecule has 2 atom stereocenters. The second-order valence-electron chi connectivity index (χ2n) is 5.72. The van der Waals surface area contributed by atoms with Crippen molar-refractivity contribution in [3.05, 3.63) is 29.3 Å². The average molecular weight is 275 g/mol. The fraction of sp³-hybridized carbons (Fsp3) is 0.533. The summed E-state index contributed by atoms with van der Waals surface area (Å²) in [6.07, 6.45) is 3.58. The van der Waals surface area contributed by atoms with Crippen molar-refractivity contribution >= 4 is 11.6 Å². The van der Waals surface area contributed by atoms with Crippen molar-refractivity contribution in [3.63, 3.8) is 0 Å². The summed E-state index contributed by atoms with van der Waals surface area (Å²) in [5, 5.41) is 3.13. The van der Waals surface area contributed by atoms with Gasteiger partial charge in [0.25, 0.3) is 5.91 Å². The number of nitrogen functional groups attached to an aromatic ring is 1. The number of anilines is 1. The van der Waals surface area contributed by atoms with Gasteiger partial charge in [-0.05, 0) is 55.9 Å². The van der Waals surface area contributed by atoms with E-state index in [1.165, 1.54) is 12.8 Å². The van der Waals surface area contributed by atoms with Gasteiger partial charge in [-0.2, -0.15) is 0 Å². The lowest BCUT2D eigenvalue weighted by Gasteiger charge is -2.20. The first kappa shape index (κ1) is 13.4. The molecule has 1 aliphatic carbocycles. The highest BCUT2D eigenvalue weighted by Crippen LogP contribution is 2.38.